The van der Waals surface area contributed by atoms with Gasteiger partial charge in [-0.1, -0.05) is 0 Å². The molecule has 0 unspecified atom stereocenters. The fraction of sp³-hybridized carbons (Fsp3) is 0.500. The topological polar surface area (TPSA) is 66.8 Å². The Balaban J connectivity index is 2.13. The first kappa shape index (κ1) is 15.5. The summed E-state index contributed by atoms with van der Waals surface area (Å²) in [6.45, 7) is 0. The van der Waals surface area contributed by atoms with E-state index in [-0.39, 0.29) is 17.4 Å². The van der Waals surface area contributed by atoms with Crippen LogP contribution in [0.25, 0.3) is 0 Å². The van der Waals surface area contributed by atoms with Crippen molar-refractivity contribution in [3.8, 4) is 11.5 Å². The van der Waals surface area contributed by atoms with Crippen LogP contribution in [0.3, 0.4) is 0 Å². The minimum absolute atomic E-state index is 0.0942. The molecular weight excluding hydrogens is 289 g/mol. The van der Waals surface area contributed by atoms with Crippen LogP contribution in [0.1, 0.15) is 37.2 Å². The highest BCUT2D eigenvalue weighted by Crippen LogP contribution is 2.41. The van der Waals surface area contributed by atoms with Crippen LogP contribution >= 0.6 is 0 Å². The Morgan fingerprint density at radius 2 is 1.81 bits per heavy atom. The van der Waals surface area contributed by atoms with Gasteiger partial charge in [-0.25, -0.2) is 0 Å². The molecule has 0 heterocycles. The Bertz CT molecular complexity index is 519. The van der Waals surface area contributed by atoms with Crippen LogP contribution in [0, 0.1) is 5.92 Å². The van der Waals surface area contributed by atoms with E-state index in [2.05, 4.69) is 4.74 Å². The lowest BCUT2D eigenvalue weighted by atomic mass is 9.78. The van der Waals surface area contributed by atoms with Crippen molar-refractivity contribution >= 4 is 5.97 Å². The molecule has 1 fully saturated rings. The number of phenolic OH excluding ortho intramolecular Hbond substituents is 1. The third-order valence-corrected chi connectivity index (χ3v) is 3.75. The third-order valence-electron chi connectivity index (χ3n) is 3.75. The van der Waals surface area contributed by atoms with E-state index >= 15 is 0 Å². The Kier molecular flexibility index (Phi) is 4.29. The molecular formula is C14H15F3O4. The summed E-state index contributed by atoms with van der Waals surface area (Å²) in [6, 6.07) is 3.39. The van der Waals surface area contributed by atoms with E-state index in [1.54, 1.807) is 0 Å². The second kappa shape index (κ2) is 5.83. The number of carboxylic acid groups (broad SMARTS) is 1. The zero-order valence-electron chi connectivity index (χ0n) is 11.1. The number of halogens is 3. The molecule has 0 radical (unpaired) electrons. The lowest BCUT2D eigenvalue weighted by Crippen LogP contribution is -2.21. The lowest BCUT2D eigenvalue weighted by Gasteiger charge is -2.27. The van der Waals surface area contributed by atoms with E-state index in [9.17, 15) is 23.1 Å². The van der Waals surface area contributed by atoms with Crippen molar-refractivity contribution in [1.82, 2.24) is 0 Å². The van der Waals surface area contributed by atoms with Gasteiger partial charge in [-0.2, -0.15) is 0 Å². The van der Waals surface area contributed by atoms with Crippen LogP contribution in [0.4, 0.5) is 13.2 Å². The van der Waals surface area contributed by atoms with Gasteiger partial charge in [-0.3, -0.25) is 4.79 Å². The van der Waals surface area contributed by atoms with Crippen LogP contribution < -0.4 is 4.74 Å². The number of aromatic hydroxyl groups is 1. The number of hydrogen-bond acceptors (Lipinski definition) is 3. The average Bonchev–Trinajstić information content (AvgIpc) is 2.39. The number of rotatable bonds is 3. The second-order valence-electron chi connectivity index (χ2n) is 5.16. The Labute approximate surface area is 119 Å². The van der Waals surface area contributed by atoms with Crippen molar-refractivity contribution < 1.29 is 32.9 Å². The number of ether oxygens (including phenoxy) is 1. The van der Waals surface area contributed by atoms with Crippen LogP contribution in [0.2, 0.25) is 0 Å². The second-order valence-corrected chi connectivity index (χ2v) is 5.16. The number of carboxylic acids is 1. The molecule has 0 spiro atoms. The molecule has 1 aromatic rings. The third kappa shape index (κ3) is 4.03. The molecule has 2 N–H and O–H groups in total. The van der Waals surface area contributed by atoms with Crippen LogP contribution in [-0.4, -0.2) is 22.5 Å². The van der Waals surface area contributed by atoms with Gasteiger partial charge in [0.05, 0.1) is 5.92 Å². The first-order valence-corrected chi connectivity index (χ1v) is 6.57. The van der Waals surface area contributed by atoms with Gasteiger partial charge in [0.2, 0.25) is 0 Å². The Morgan fingerprint density at radius 1 is 1.19 bits per heavy atom. The van der Waals surface area contributed by atoms with Crippen molar-refractivity contribution in [3.05, 3.63) is 23.8 Å². The largest absolute Gasteiger partial charge is 0.573 e. The van der Waals surface area contributed by atoms with E-state index in [4.69, 9.17) is 5.11 Å². The molecule has 1 aliphatic carbocycles. The quantitative estimate of drug-likeness (QED) is 0.894. The molecule has 21 heavy (non-hydrogen) atoms. The van der Waals surface area contributed by atoms with E-state index < -0.39 is 18.2 Å². The minimum Gasteiger partial charge on any atom is -0.508 e. The number of hydrogen-bond donors (Lipinski definition) is 2. The summed E-state index contributed by atoms with van der Waals surface area (Å²) in [5, 5.41) is 18.7. The van der Waals surface area contributed by atoms with Gasteiger partial charge in [0.1, 0.15) is 11.5 Å². The molecule has 1 saturated carbocycles. The molecule has 4 nitrogen and oxygen atoms in total. The standard InChI is InChI=1S/C14H15F3O4/c15-14(16,17)21-10-5-6-12(18)11(7-10)8-1-3-9(4-2-8)13(19)20/h5-9,18H,1-4H2,(H,19,20). The first-order valence-electron chi connectivity index (χ1n) is 6.57. The molecule has 0 amide bonds. The van der Waals surface area contributed by atoms with Gasteiger partial charge in [0.25, 0.3) is 0 Å². The fourth-order valence-corrected chi connectivity index (χ4v) is 2.71. The van der Waals surface area contributed by atoms with Crippen molar-refractivity contribution in [2.24, 2.45) is 5.92 Å². The molecule has 2 rings (SSSR count). The van der Waals surface area contributed by atoms with Crippen LogP contribution in [0.15, 0.2) is 18.2 Å². The summed E-state index contributed by atoms with van der Waals surface area (Å²) in [5.41, 5.74) is 0.376. The van der Waals surface area contributed by atoms with Crippen molar-refractivity contribution in [2.75, 3.05) is 0 Å². The van der Waals surface area contributed by atoms with E-state index in [0.717, 1.165) is 6.07 Å². The lowest BCUT2D eigenvalue weighted by molar-refractivity contribution is -0.274. The predicted molar refractivity (Wildman–Crippen MR) is 67.1 cm³/mol. The number of benzene rings is 1. The van der Waals surface area contributed by atoms with Crippen LogP contribution in [0.5, 0.6) is 11.5 Å². The predicted octanol–water partition coefficient (Wildman–Crippen LogP) is 3.65. The summed E-state index contributed by atoms with van der Waals surface area (Å²) in [5.74, 6) is -1.90. The zero-order chi connectivity index (χ0) is 15.6. The van der Waals surface area contributed by atoms with Crippen molar-refractivity contribution in [1.29, 1.82) is 0 Å². The van der Waals surface area contributed by atoms with Gasteiger partial charge in [0.15, 0.2) is 0 Å². The van der Waals surface area contributed by atoms with Gasteiger partial charge >= 0.3 is 12.3 Å². The average molecular weight is 304 g/mol. The summed E-state index contributed by atoms with van der Waals surface area (Å²) in [4.78, 5) is 10.9. The highest BCUT2D eigenvalue weighted by molar-refractivity contribution is 5.70. The highest BCUT2D eigenvalue weighted by Gasteiger charge is 2.32. The van der Waals surface area contributed by atoms with Crippen LogP contribution in [-0.2, 0) is 4.79 Å². The van der Waals surface area contributed by atoms with E-state index in [1.807, 2.05) is 0 Å². The molecule has 116 valence electrons. The smallest absolute Gasteiger partial charge is 0.508 e. The Morgan fingerprint density at radius 3 is 2.33 bits per heavy atom. The zero-order valence-corrected chi connectivity index (χ0v) is 11.1. The van der Waals surface area contributed by atoms with E-state index in [1.165, 1.54) is 12.1 Å². The molecule has 0 atom stereocenters. The summed E-state index contributed by atoms with van der Waals surface area (Å²) in [7, 11) is 0. The molecule has 0 saturated heterocycles. The summed E-state index contributed by atoms with van der Waals surface area (Å²) >= 11 is 0. The molecule has 1 aromatic carbocycles. The highest BCUT2D eigenvalue weighted by atomic mass is 19.4. The monoisotopic (exact) mass is 304 g/mol. The summed E-state index contributed by atoms with van der Waals surface area (Å²) < 4.78 is 40.5. The first-order chi connectivity index (χ1) is 9.76. The number of phenols is 1. The maximum absolute atomic E-state index is 12.2. The maximum atomic E-state index is 12.2. The fourth-order valence-electron chi connectivity index (χ4n) is 2.71. The molecule has 0 bridgehead atoms. The molecule has 7 heteroatoms. The number of carbonyl (C=O) groups is 1. The van der Waals surface area contributed by atoms with Gasteiger partial charge in [-0.05, 0) is 49.8 Å². The Hall–Kier alpha value is -1.92. The number of aliphatic carboxylic acids is 1. The summed E-state index contributed by atoms with van der Waals surface area (Å²) in [6.07, 6.45) is -2.86. The SMILES string of the molecule is O=C(O)C1CCC(c2cc(OC(F)(F)F)ccc2O)CC1. The van der Waals surface area contributed by atoms with Gasteiger partial charge in [0, 0.05) is 5.56 Å². The molecule has 1 aliphatic rings. The molecule has 0 aromatic heterocycles. The van der Waals surface area contributed by atoms with E-state index in [0.29, 0.717) is 31.2 Å². The molecule has 0 aliphatic heterocycles. The van der Waals surface area contributed by atoms with Gasteiger partial charge in [-0.15, -0.1) is 13.2 Å². The van der Waals surface area contributed by atoms with Crippen molar-refractivity contribution in [3.63, 3.8) is 0 Å². The normalized spacial score (nSPS) is 22.8. The maximum Gasteiger partial charge on any atom is 0.573 e. The number of alkyl halides is 3. The van der Waals surface area contributed by atoms with Crippen molar-refractivity contribution in [2.45, 2.75) is 38.0 Å². The van der Waals surface area contributed by atoms with Gasteiger partial charge < -0.3 is 14.9 Å². The minimum atomic E-state index is -4.78.